The number of aryl methyl sites for hydroxylation is 1. The van der Waals surface area contributed by atoms with Crippen molar-refractivity contribution in [3.63, 3.8) is 0 Å². The Kier molecular flexibility index (Phi) is 7.90. The van der Waals surface area contributed by atoms with Crippen LogP contribution in [0.1, 0.15) is 62.5 Å². The lowest BCUT2D eigenvalue weighted by Crippen LogP contribution is -2.33. The van der Waals surface area contributed by atoms with Gasteiger partial charge in [-0.05, 0) is 80.2 Å². The molecule has 8 nitrogen and oxygen atoms in total. The quantitative estimate of drug-likeness (QED) is 0.252. The summed E-state index contributed by atoms with van der Waals surface area (Å²) in [7, 11) is -3.23. The molecule has 0 atom stereocenters. The van der Waals surface area contributed by atoms with Gasteiger partial charge in [0.1, 0.15) is 5.75 Å². The monoisotopic (exact) mass is 571 g/mol. The number of pyridine rings is 1. The van der Waals surface area contributed by atoms with E-state index in [9.17, 15) is 8.42 Å². The zero-order valence-electron chi connectivity index (χ0n) is 23.4. The smallest absolute Gasteiger partial charge is 0.228 e. The van der Waals surface area contributed by atoms with E-state index in [0.717, 1.165) is 78.8 Å². The number of hydrogen-bond donors (Lipinski definition) is 2. The van der Waals surface area contributed by atoms with Gasteiger partial charge in [-0.15, -0.1) is 0 Å². The van der Waals surface area contributed by atoms with E-state index in [0.29, 0.717) is 29.3 Å². The minimum absolute atomic E-state index is 0.0377. The molecule has 0 radical (unpaired) electrons. The van der Waals surface area contributed by atoms with Crippen LogP contribution in [-0.2, 0) is 15.6 Å². The molecule has 0 unspecified atom stereocenters. The van der Waals surface area contributed by atoms with Gasteiger partial charge in [0.25, 0.3) is 0 Å². The summed E-state index contributed by atoms with van der Waals surface area (Å²) in [5, 5.41) is 4.98. The summed E-state index contributed by atoms with van der Waals surface area (Å²) in [5.41, 5.74) is 9.26. The topological polar surface area (TPSA) is 120 Å². The Morgan fingerprint density at radius 2 is 1.71 bits per heavy atom. The highest BCUT2D eigenvalue weighted by molar-refractivity contribution is 7.91. The molecule has 0 saturated heterocycles. The van der Waals surface area contributed by atoms with Crippen molar-refractivity contribution in [2.45, 2.75) is 81.4 Å². The van der Waals surface area contributed by atoms with Crippen molar-refractivity contribution in [1.82, 2.24) is 15.0 Å². The molecular weight excluding hydrogens is 534 g/mol. The van der Waals surface area contributed by atoms with Crippen LogP contribution in [0.4, 0.5) is 5.95 Å². The molecule has 41 heavy (non-hydrogen) atoms. The average Bonchev–Trinajstić information content (AvgIpc) is 3.53. The van der Waals surface area contributed by atoms with E-state index in [4.69, 9.17) is 15.5 Å². The molecule has 0 spiro atoms. The number of sulfone groups is 1. The SMILES string of the molecule is Cc1ccc2c(CS(=O)(=O)C3CCCC3)cccc2c1Oc1ncccc1-c1ccnc(NC2CCC(N)CC2)n1. The Morgan fingerprint density at radius 1 is 0.902 bits per heavy atom. The van der Waals surface area contributed by atoms with Gasteiger partial charge in [-0.3, -0.25) is 0 Å². The Morgan fingerprint density at radius 3 is 2.51 bits per heavy atom. The number of aromatic nitrogens is 3. The number of hydrogen-bond acceptors (Lipinski definition) is 8. The third-order valence-electron chi connectivity index (χ3n) is 8.47. The summed E-state index contributed by atoms with van der Waals surface area (Å²) in [4.78, 5) is 13.8. The van der Waals surface area contributed by atoms with Crippen LogP contribution in [0.2, 0.25) is 0 Å². The van der Waals surface area contributed by atoms with Gasteiger partial charge in [-0.2, -0.15) is 0 Å². The fraction of sp³-hybridized carbons (Fsp3) is 0.406. The molecular formula is C32H37N5O3S. The fourth-order valence-corrected chi connectivity index (χ4v) is 8.11. The van der Waals surface area contributed by atoms with Gasteiger partial charge in [0.2, 0.25) is 11.8 Å². The van der Waals surface area contributed by atoms with Crippen molar-refractivity contribution in [3.8, 4) is 22.9 Å². The number of nitrogens with one attached hydrogen (secondary N) is 1. The minimum atomic E-state index is -3.23. The fourth-order valence-electron chi connectivity index (χ4n) is 6.14. The summed E-state index contributed by atoms with van der Waals surface area (Å²) in [6, 6.07) is 16.0. The summed E-state index contributed by atoms with van der Waals surface area (Å²) < 4.78 is 32.9. The standard InChI is InChI=1S/C32H37N5O3S/c1-21-11-16-26-22(20-41(38,39)25-7-2-3-8-25)6-4-9-27(26)30(21)40-31-28(10-5-18-34-31)29-17-19-35-32(37-29)36-24-14-12-23(33)13-15-24/h4-6,9-11,16-19,23-25H,2-3,7-8,12-15,20,33H2,1H3,(H,35,36,37). The van der Waals surface area contributed by atoms with E-state index in [1.807, 2.05) is 55.5 Å². The molecule has 2 aromatic heterocycles. The average molecular weight is 572 g/mol. The Hall–Kier alpha value is -3.56. The summed E-state index contributed by atoms with van der Waals surface area (Å²) in [5.74, 6) is 1.71. The highest BCUT2D eigenvalue weighted by Gasteiger charge is 2.29. The molecule has 2 aromatic carbocycles. The van der Waals surface area contributed by atoms with E-state index >= 15 is 0 Å². The van der Waals surface area contributed by atoms with Crippen LogP contribution >= 0.6 is 0 Å². The zero-order chi connectivity index (χ0) is 28.4. The van der Waals surface area contributed by atoms with E-state index in [1.54, 1.807) is 12.4 Å². The van der Waals surface area contributed by atoms with Crippen LogP contribution in [0.3, 0.4) is 0 Å². The molecule has 0 amide bonds. The molecule has 2 aliphatic carbocycles. The third kappa shape index (κ3) is 6.06. The minimum Gasteiger partial charge on any atom is -0.437 e. The Balaban J connectivity index is 1.30. The number of rotatable bonds is 8. The number of nitrogens with zero attached hydrogens (tertiary/aromatic N) is 3. The van der Waals surface area contributed by atoms with Gasteiger partial charge in [0, 0.05) is 29.9 Å². The molecule has 2 fully saturated rings. The highest BCUT2D eigenvalue weighted by Crippen LogP contribution is 2.38. The van der Waals surface area contributed by atoms with Gasteiger partial charge in [-0.25, -0.2) is 23.4 Å². The largest absolute Gasteiger partial charge is 0.437 e. The predicted molar refractivity (Wildman–Crippen MR) is 163 cm³/mol. The van der Waals surface area contributed by atoms with Crippen LogP contribution in [0.25, 0.3) is 22.0 Å². The van der Waals surface area contributed by atoms with Gasteiger partial charge >= 0.3 is 0 Å². The lowest BCUT2D eigenvalue weighted by molar-refractivity contribution is 0.410. The molecule has 3 N–H and O–H groups in total. The maximum Gasteiger partial charge on any atom is 0.228 e. The zero-order valence-corrected chi connectivity index (χ0v) is 24.2. The molecule has 2 aliphatic rings. The first kappa shape index (κ1) is 27.6. The molecule has 4 aromatic rings. The van der Waals surface area contributed by atoms with E-state index in [2.05, 4.69) is 15.3 Å². The summed E-state index contributed by atoms with van der Waals surface area (Å²) >= 11 is 0. The molecule has 9 heteroatoms. The van der Waals surface area contributed by atoms with E-state index < -0.39 is 9.84 Å². The molecule has 0 aliphatic heterocycles. The lowest BCUT2D eigenvalue weighted by atomic mass is 9.92. The maximum atomic E-state index is 13.2. The second-order valence-electron chi connectivity index (χ2n) is 11.4. The van der Waals surface area contributed by atoms with Crippen LogP contribution in [-0.4, -0.2) is 40.7 Å². The van der Waals surface area contributed by atoms with Crippen LogP contribution in [0.15, 0.2) is 60.9 Å². The van der Waals surface area contributed by atoms with Crippen LogP contribution in [0.5, 0.6) is 11.6 Å². The second-order valence-corrected chi connectivity index (χ2v) is 13.7. The first-order valence-electron chi connectivity index (χ1n) is 14.6. The van der Waals surface area contributed by atoms with Crippen LogP contribution in [0, 0.1) is 6.92 Å². The van der Waals surface area contributed by atoms with Crippen molar-refractivity contribution < 1.29 is 13.2 Å². The van der Waals surface area contributed by atoms with Gasteiger partial charge < -0.3 is 15.8 Å². The molecule has 2 heterocycles. The molecule has 0 bridgehead atoms. The molecule has 214 valence electrons. The number of benzene rings is 2. The van der Waals surface area contributed by atoms with Gasteiger partial charge in [-0.1, -0.05) is 43.2 Å². The van der Waals surface area contributed by atoms with Gasteiger partial charge in [0.15, 0.2) is 9.84 Å². The first-order valence-corrected chi connectivity index (χ1v) is 16.3. The third-order valence-corrected chi connectivity index (χ3v) is 10.7. The normalized spacial score (nSPS) is 19.9. The Labute approximate surface area is 241 Å². The summed E-state index contributed by atoms with van der Waals surface area (Å²) in [6.07, 6.45) is 10.9. The number of anilines is 1. The predicted octanol–water partition coefficient (Wildman–Crippen LogP) is 6.33. The van der Waals surface area contributed by atoms with Crippen molar-refractivity contribution in [2.24, 2.45) is 5.73 Å². The van der Waals surface area contributed by atoms with E-state index in [-0.39, 0.29) is 17.0 Å². The molecule has 6 rings (SSSR count). The maximum absolute atomic E-state index is 13.2. The van der Waals surface area contributed by atoms with Crippen LogP contribution < -0.4 is 15.8 Å². The number of fused-ring (bicyclic) bond motifs is 1. The van der Waals surface area contributed by atoms with E-state index in [1.165, 1.54) is 0 Å². The van der Waals surface area contributed by atoms with Crippen molar-refractivity contribution >= 4 is 26.6 Å². The number of ether oxygens (including phenoxy) is 1. The summed E-state index contributed by atoms with van der Waals surface area (Å²) in [6.45, 7) is 1.99. The van der Waals surface area contributed by atoms with Gasteiger partial charge in [0.05, 0.1) is 22.3 Å². The first-order chi connectivity index (χ1) is 19.9. The highest BCUT2D eigenvalue weighted by atomic mass is 32.2. The van der Waals surface area contributed by atoms with Crippen molar-refractivity contribution in [2.75, 3.05) is 5.32 Å². The Bertz CT molecular complexity index is 1640. The number of nitrogens with two attached hydrogens (primary N) is 1. The second kappa shape index (κ2) is 11.7. The molecule has 2 saturated carbocycles. The lowest BCUT2D eigenvalue weighted by Gasteiger charge is -2.26. The van der Waals surface area contributed by atoms with Crippen molar-refractivity contribution in [3.05, 3.63) is 72.1 Å². The van der Waals surface area contributed by atoms with Crippen molar-refractivity contribution in [1.29, 1.82) is 0 Å².